The lowest BCUT2D eigenvalue weighted by Crippen LogP contribution is -2.50. The number of hydrogen-bond donors (Lipinski definition) is 0. The highest BCUT2D eigenvalue weighted by Crippen LogP contribution is 2.71. The average molecular weight is 671 g/mol. The van der Waals surface area contributed by atoms with Crippen LogP contribution in [0.5, 0.6) is 0 Å². The Labute approximate surface area is 297 Å². The molecule has 0 amide bonds. The van der Waals surface area contributed by atoms with Gasteiger partial charge in [0.1, 0.15) is 0 Å². The van der Waals surface area contributed by atoms with Gasteiger partial charge in [0.2, 0.25) is 0 Å². The van der Waals surface area contributed by atoms with Crippen LogP contribution in [0.15, 0.2) is 178 Å². The molecule has 2 nitrogen and oxygen atoms in total. The van der Waals surface area contributed by atoms with Gasteiger partial charge in [-0.05, 0) is 136 Å². The molecule has 0 N–H and O–H groups in total. The average Bonchev–Trinajstić information content (AvgIpc) is 3.18. The van der Waals surface area contributed by atoms with Crippen molar-refractivity contribution >= 4 is 16.3 Å². The maximum absolute atomic E-state index is 15.1. The van der Waals surface area contributed by atoms with Gasteiger partial charge in [-0.2, -0.15) is 0 Å². The van der Waals surface area contributed by atoms with Gasteiger partial charge in [-0.15, -0.1) is 0 Å². The Kier molecular flexibility index (Phi) is 7.97. The van der Waals surface area contributed by atoms with E-state index < -0.39 is 10.3 Å². The maximum Gasteiger partial charge on any atom is 0.323 e. The Morgan fingerprint density at radius 3 is 1.00 bits per heavy atom. The molecule has 4 fully saturated rings. The van der Waals surface area contributed by atoms with E-state index >= 15 is 4.79 Å². The van der Waals surface area contributed by atoms with Crippen LogP contribution in [0.25, 0.3) is 33.4 Å². The first-order valence-corrected chi connectivity index (χ1v) is 19.7. The van der Waals surface area contributed by atoms with E-state index in [1.807, 2.05) is 0 Å². The summed E-state index contributed by atoms with van der Waals surface area (Å²) >= 11 is 0. The first-order valence-electron chi connectivity index (χ1n) is 18.1. The monoisotopic (exact) mass is 670 g/mol. The van der Waals surface area contributed by atoms with Crippen molar-refractivity contribution in [1.29, 1.82) is 0 Å². The highest BCUT2D eigenvalue weighted by Gasteiger charge is 2.57. The van der Waals surface area contributed by atoms with Crippen LogP contribution in [0.3, 0.4) is 0 Å². The minimum atomic E-state index is -2.47. The molecule has 50 heavy (non-hydrogen) atoms. The molecule has 3 heteroatoms. The van der Waals surface area contributed by atoms with Crippen molar-refractivity contribution in [1.82, 2.24) is 0 Å². The van der Waals surface area contributed by atoms with E-state index in [0.29, 0.717) is 17.8 Å². The number of carbonyl (C=O) groups is 1. The lowest BCUT2D eigenvalue weighted by molar-refractivity contribution is -0.160. The first kappa shape index (κ1) is 31.1. The fourth-order valence-electron chi connectivity index (χ4n) is 9.52. The van der Waals surface area contributed by atoms with Crippen LogP contribution in [0.2, 0.25) is 0 Å². The van der Waals surface area contributed by atoms with E-state index in [1.54, 1.807) is 0 Å². The second-order valence-corrected chi connectivity index (χ2v) is 17.5. The minimum absolute atomic E-state index is 0.0120. The third-order valence-corrected chi connectivity index (χ3v) is 14.8. The molecule has 0 aliphatic heterocycles. The molecule has 0 saturated heterocycles. The van der Waals surface area contributed by atoms with Gasteiger partial charge < -0.3 is 4.18 Å². The fraction of sp³-hybridized carbons (Fsp3) is 0.213. The van der Waals surface area contributed by atoms with Gasteiger partial charge in [0, 0.05) is 14.7 Å². The van der Waals surface area contributed by atoms with Gasteiger partial charge in [-0.3, -0.25) is 4.79 Å². The zero-order valence-corrected chi connectivity index (χ0v) is 29.1. The number of hydrogen-bond acceptors (Lipinski definition) is 2. The highest BCUT2D eigenvalue weighted by molar-refractivity contribution is 8.30. The largest absolute Gasteiger partial charge is 0.402 e. The predicted octanol–water partition coefficient (Wildman–Crippen LogP) is 12.6. The lowest BCUT2D eigenvalue weighted by atomic mass is 9.49. The fourth-order valence-corrected chi connectivity index (χ4v) is 12.6. The van der Waals surface area contributed by atoms with Crippen molar-refractivity contribution in [3.63, 3.8) is 0 Å². The van der Waals surface area contributed by atoms with E-state index in [4.69, 9.17) is 4.18 Å². The van der Waals surface area contributed by atoms with Gasteiger partial charge in [0.25, 0.3) is 0 Å². The third-order valence-electron chi connectivity index (χ3n) is 11.6. The van der Waals surface area contributed by atoms with Crippen LogP contribution in [-0.2, 0) is 8.98 Å². The van der Waals surface area contributed by atoms with E-state index in [-0.39, 0.29) is 11.4 Å². The number of benzene rings is 6. The highest BCUT2D eigenvalue weighted by atomic mass is 32.3. The summed E-state index contributed by atoms with van der Waals surface area (Å²) in [6.07, 6.45) is 6.77. The Hall–Kier alpha value is -4.86. The molecular weight excluding hydrogens is 629 g/mol. The van der Waals surface area contributed by atoms with Crippen molar-refractivity contribution < 1.29 is 8.98 Å². The Morgan fingerprint density at radius 2 is 0.700 bits per heavy atom. The third kappa shape index (κ3) is 5.58. The topological polar surface area (TPSA) is 26.3 Å². The van der Waals surface area contributed by atoms with E-state index in [1.165, 1.54) is 36.0 Å². The molecule has 10 rings (SSSR count). The molecule has 0 unspecified atom stereocenters. The molecule has 6 aromatic rings. The molecule has 0 radical (unpaired) electrons. The Balaban J connectivity index is 1.21. The van der Waals surface area contributed by atoms with Crippen molar-refractivity contribution in [3.8, 4) is 33.4 Å². The summed E-state index contributed by atoms with van der Waals surface area (Å²) in [5, 5.41) is 0. The predicted molar refractivity (Wildman–Crippen MR) is 205 cm³/mol. The van der Waals surface area contributed by atoms with Crippen LogP contribution in [0.4, 0.5) is 0 Å². The summed E-state index contributed by atoms with van der Waals surface area (Å²) in [6.45, 7) is 0. The summed E-state index contributed by atoms with van der Waals surface area (Å²) in [6, 6.07) is 57.9. The standard InChI is InChI=1S/C47H42O2S/c48-46(47-31-34-28-35(32-47)30-36(29-34)33-47)49-50(43-22-16-40(17-23-43)37-10-4-1-5-11-37,44-24-18-41(19-25-44)38-12-6-2-7-13-38)45-26-20-42(21-27-45)39-14-8-3-9-15-39/h1-27,34-36H,28-33H2. The smallest absolute Gasteiger partial charge is 0.323 e. The molecule has 4 saturated carbocycles. The first-order chi connectivity index (χ1) is 24.6. The molecule has 4 aliphatic rings. The lowest BCUT2D eigenvalue weighted by Gasteiger charge is -2.56. The van der Waals surface area contributed by atoms with Crippen LogP contribution < -0.4 is 0 Å². The Morgan fingerprint density at radius 1 is 0.420 bits per heavy atom. The summed E-state index contributed by atoms with van der Waals surface area (Å²) < 4.78 is 7.36. The molecule has 248 valence electrons. The molecule has 4 aliphatic carbocycles. The van der Waals surface area contributed by atoms with Crippen molar-refractivity contribution in [2.45, 2.75) is 53.2 Å². The van der Waals surface area contributed by atoms with Crippen LogP contribution in [-0.4, -0.2) is 5.97 Å². The van der Waals surface area contributed by atoms with Gasteiger partial charge in [-0.1, -0.05) is 127 Å². The molecule has 0 aromatic heterocycles. The van der Waals surface area contributed by atoms with Gasteiger partial charge >= 0.3 is 5.97 Å². The van der Waals surface area contributed by atoms with Gasteiger partial charge in [0.15, 0.2) is 0 Å². The van der Waals surface area contributed by atoms with E-state index in [2.05, 4.69) is 164 Å². The maximum atomic E-state index is 15.1. The van der Waals surface area contributed by atoms with E-state index in [9.17, 15) is 0 Å². The molecule has 0 heterocycles. The second kappa shape index (κ2) is 12.8. The number of carbonyl (C=O) groups excluding carboxylic acids is 1. The van der Waals surface area contributed by atoms with Crippen molar-refractivity contribution in [3.05, 3.63) is 164 Å². The minimum Gasteiger partial charge on any atom is -0.402 e. The zero-order valence-electron chi connectivity index (χ0n) is 28.3. The quantitative estimate of drug-likeness (QED) is 0.161. The normalized spacial score (nSPS) is 22.6. The summed E-state index contributed by atoms with van der Waals surface area (Å²) in [5.74, 6) is 1.97. The van der Waals surface area contributed by atoms with Crippen LogP contribution >= 0.6 is 10.3 Å². The molecule has 6 aromatic carbocycles. The van der Waals surface area contributed by atoms with Gasteiger partial charge in [-0.25, -0.2) is 0 Å². The summed E-state index contributed by atoms with van der Waals surface area (Å²) in [5.41, 5.74) is 6.57. The van der Waals surface area contributed by atoms with Crippen molar-refractivity contribution in [2.75, 3.05) is 0 Å². The molecular formula is C47H42O2S. The molecule has 0 spiro atoms. The number of rotatable bonds is 8. The Bertz CT molecular complexity index is 1850. The SMILES string of the molecule is O=C(OS(c1ccc(-c2ccccc2)cc1)(c1ccc(-c2ccccc2)cc1)c1ccc(-c2ccccc2)cc1)C12CC3CC(CC(C3)C1)C2. The summed E-state index contributed by atoms with van der Waals surface area (Å²) in [4.78, 5) is 18.2. The van der Waals surface area contributed by atoms with Gasteiger partial charge in [0.05, 0.1) is 5.41 Å². The second-order valence-electron chi connectivity index (χ2n) is 14.8. The molecule has 4 bridgehead atoms. The van der Waals surface area contributed by atoms with Crippen LogP contribution in [0, 0.1) is 23.2 Å². The summed E-state index contributed by atoms with van der Waals surface area (Å²) in [7, 11) is -2.47. The van der Waals surface area contributed by atoms with Crippen LogP contribution in [0.1, 0.15) is 38.5 Å². The van der Waals surface area contributed by atoms with Crippen molar-refractivity contribution in [2.24, 2.45) is 23.2 Å². The zero-order chi connectivity index (χ0) is 33.5. The van der Waals surface area contributed by atoms with E-state index in [0.717, 1.165) is 50.6 Å². The molecule has 0 atom stereocenters.